The van der Waals surface area contributed by atoms with E-state index >= 15 is 0 Å². The van der Waals surface area contributed by atoms with Crippen LogP contribution < -0.4 is 10.6 Å². The zero-order valence-electron chi connectivity index (χ0n) is 7.39. The van der Waals surface area contributed by atoms with Crippen molar-refractivity contribution < 1.29 is 4.79 Å². The fourth-order valence-corrected chi connectivity index (χ4v) is 0.744. The second-order valence-corrected chi connectivity index (χ2v) is 2.47. The summed E-state index contributed by atoms with van der Waals surface area (Å²) in [4.78, 5) is 10.7. The van der Waals surface area contributed by atoms with Crippen LogP contribution in [0.5, 0.6) is 0 Å². The zero-order chi connectivity index (χ0) is 9.23. The second-order valence-electron chi connectivity index (χ2n) is 2.47. The summed E-state index contributed by atoms with van der Waals surface area (Å²) >= 11 is 0. The molecular formula is C8H15N3O. The van der Waals surface area contributed by atoms with Gasteiger partial charge in [0, 0.05) is 13.5 Å². The minimum absolute atomic E-state index is 0.00437. The van der Waals surface area contributed by atoms with Gasteiger partial charge in [-0.3, -0.25) is 4.79 Å². The number of amides is 1. The molecule has 0 aromatic carbocycles. The molecule has 0 aliphatic rings. The van der Waals surface area contributed by atoms with Crippen LogP contribution in [-0.4, -0.2) is 26.0 Å². The highest BCUT2D eigenvalue weighted by molar-refractivity contribution is 5.77. The van der Waals surface area contributed by atoms with Gasteiger partial charge in [0.25, 0.3) is 0 Å². The van der Waals surface area contributed by atoms with Crippen molar-refractivity contribution in [2.45, 2.75) is 19.3 Å². The maximum absolute atomic E-state index is 10.7. The summed E-state index contributed by atoms with van der Waals surface area (Å²) in [5, 5.41) is 13.7. The Hall–Kier alpha value is -1.08. The molecule has 0 aromatic heterocycles. The summed E-state index contributed by atoms with van der Waals surface area (Å²) in [6, 6.07) is 2.07. The van der Waals surface area contributed by atoms with Crippen LogP contribution in [0.3, 0.4) is 0 Å². The van der Waals surface area contributed by atoms with Gasteiger partial charge in [-0.25, -0.2) is 0 Å². The highest BCUT2D eigenvalue weighted by Crippen LogP contribution is 1.90. The molecule has 0 radical (unpaired) electrons. The Morgan fingerprint density at radius 1 is 1.50 bits per heavy atom. The van der Waals surface area contributed by atoms with Crippen molar-refractivity contribution in [2.75, 3.05) is 20.1 Å². The Balaban J connectivity index is 3.01. The normalized spacial score (nSPS) is 9.00. The molecule has 2 N–H and O–H groups in total. The second kappa shape index (κ2) is 8.02. The molecule has 0 atom stereocenters. The predicted octanol–water partition coefficient (Wildman–Crippen LogP) is 0.0159. The van der Waals surface area contributed by atoms with Crippen molar-refractivity contribution >= 4 is 5.91 Å². The molecule has 0 heterocycles. The first-order valence-corrected chi connectivity index (χ1v) is 4.09. The number of unbranched alkanes of at least 4 members (excludes halogenated alkanes) is 2. The van der Waals surface area contributed by atoms with Crippen molar-refractivity contribution in [1.29, 1.82) is 5.26 Å². The Labute approximate surface area is 72.9 Å². The maximum atomic E-state index is 10.7. The molecule has 4 heteroatoms. The molecule has 0 aliphatic carbocycles. The van der Waals surface area contributed by atoms with E-state index in [1.54, 1.807) is 7.05 Å². The Bertz CT molecular complexity index is 162. The summed E-state index contributed by atoms with van der Waals surface area (Å²) in [5.41, 5.74) is 0. The molecule has 0 unspecified atom stereocenters. The average molecular weight is 169 g/mol. The predicted molar refractivity (Wildman–Crippen MR) is 46.4 cm³/mol. The first-order valence-electron chi connectivity index (χ1n) is 4.09. The number of nitriles is 1. The number of carbonyl (C=O) groups excluding carboxylic acids is 1. The summed E-state index contributed by atoms with van der Waals surface area (Å²) in [7, 11) is 1.61. The smallest absolute Gasteiger partial charge is 0.233 e. The lowest BCUT2D eigenvalue weighted by molar-refractivity contribution is -0.119. The molecular weight excluding hydrogens is 154 g/mol. The van der Waals surface area contributed by atoms with Gasteiger partial charge in [0.1, 0.15) is 0 Å². The van der Waals surface area contributed by atoms with Gasteiger partial charge in [0.2, 0.25) is 5.91 Å². The maximum Gasteiger partial charge on any atom is 0.233 e. The quantitative estimate of drug-likeness (QED) is 0.551. The van der Waals surface area contributed by atoms with Gasteiger partial charge in [-0.1, -0.05) is 0 Å². The molecule has 4 nitrogen and oxygen atoms in total. The molecule has 0 saturated heterocycles. The zero-order valence-corrected chi connectivity index (χ0v) is 7.39. The van der Waals surface area contributed by atoms with Gasteiger partial charge < -0.3 is 10.6 Å². The summed E-state index contributed by atoms with van der Waals surface area (Å²) < 4.78 is 0. The lowest BCUT2D eigenvalue weighted by Gasteiger charge is -2.01. The third-order valence-corrected chi connectivity index (χ3v) is 1.46. The average Bonchev–Trinajstić information content (AvgIpc) is 2.10. The first kappa shape index (κ1) is 10.9. The molecule has 0 bridgehead atoms. The van der Waals surface area contributed by atoms with Gasteiger partial charge >= 0.3 is 0 Å². The topological polar surface area (TPSA) is 64.9 Å². The molecule has 0 aliphatic heterocycles. The third-order valence-electron chi connectivity index (χ3n) is 1.46. The van der Waals surface area contributed by atoms with E-state index in [0.29, 0.717) is 13.0 Å². The highest BCUT2D eigenvalue weighted by atomic mass is 16.1. The van der Waals surface area contributed by atoms with E-state index in [-0.39, 0.29) is 5.91 Å². The fourth-order valence-electron chi connectivity index (χ4n) is 0.744. The Kier molecular flexibility index (Phi) is 7.30. The summed E-state index contributed by atoms with van der Waals surface area (Å²) in [6.07, 6.45) is 2.45. The van der Waals surface area contributed by atoms with E-state index in [4.69, 9.17) is 5.26 Å². The molecule has 0 fully saturated rings. The molecule has 68 valence electrons. The SMILES string of the molecule is CNC(=O)CNCCCCC#N. The van der Waals surface area contributed by atoms with Crippen LogP contribution in [0, 0.1) is 11.3 Å². The number of likely N-dealkylation sites (N-methyl/N-ethyl adjacent to an activating group) is 1. The Morgan fingerprint density at radius 3 is 2.83 bits per heavy atom. The number of hydrogen-bond donors (Lipinski definition) is 2. The number of hydrogen-bond acceptors (Lipinski definition) is 3. The van der Waals surface area contributed by atoms with E-state index in [0.717, 1.165) is 19.4 Å². The lowest BCUT2D eigenvalue weighted by atomic mass is 10.2. The fraction of sp³-hybridized carbons (Fsp3) is 0.750. The number of nitrogens with zero attached hydrogens (tertiary/aromatic N) is 1. The van der Waals surface area contributed by atoms with Crippen molar-refractivity contribution in [3.05, 3.63) is 0 Å². The van der Waals surface area contributed by atoms with Crippen molar-refractivity contribution in [3.63, 3.8) is 0 Å². The summed E-state index contributed by atoms with van der Waals surface area (Å²) in [5.74, 6) is -0.00437. The minimum Gasteiger partial charge on any atom is -0.358 e. The van der Waals surface area contributed by atoms with Crippen LogP contribution in [0.25, 0.3) is 0 Å². The van der Waals surface area contributed by atoms with E-state index in [2.05, 4.69) is 16.7 Å². The van der Waals surface area contributed by atoms with Crippen LogP contribution in [0.2, 0.25) is 0 Å². The van der Waals surface area contributed by atoms with Gasteiger partial charge in [-0.15, -0.1) is 0 Å². The first-order chi connectivity index (χ1) is 5.81. The van der Waals surface area contributed by atoms with Crippen LogP contribution in [0.15, 0.2) is 0 Å². The number of rotatable bonds is 6. The monoisotopic (exact) mass is 169 g/mol. The van der Waals surface area contributed by atoms with Gasteiger partial charge in [-0.05, 0) is 19.4 Å². The highest BCUT2D eigenvalue weighted by Gasteiger charge is 1.94. The molecule has 0 spiro atoms. The van der Waals surface area contributed by atoms with Crippen molar-refractivity contribution in [2.24, 2.45) is 0 Å². The molecule has 0 saturated carbocycles. The van der Waals surface area contributed by atoms with E-state index in [9.17, 15) is 4.79 Å². The minimum atomic E-state index is -0.00437. The van der Waals surface area contributed by atoms with Crippen molar-refractivity contribution in [1.82, 2.24) is 10.6 Å². The number of nitrogens with one attached hydrogen (secondary N) is 2. The largest absolute Gasteiger partial charge is 0.358 e. The van der Waals surface area contributed by atoms with E-state index < -0.39 is 0 Å². The van der Waals surface area contributed by atoms with E-state index in [1.807, 2.05) is 0 Å². The Morgan fingerprint density at radius 2 is 2.25 bits per heavy atom. The molecule has 12 heavy (non-hydrogen) atoms. The van der Waals surface area contributed by atoms with Crippen LogP contribution in [0.4, 0.5) is 0 Å². The molecule has 0 rings (SSSR count). The van der Waals surface area contributed by atoms with Gasteiger partial charge in [0.15, 0.2) is 0 Å². The molecule has 1 amide bonds. The van der Waals surface area contributed by atoms with Crippen LogP contribution >= 0.6 is 0 Å². The van der Waals surface area contributed by atoms with Crippen LogP contribution in [-0.2, 0) is 4.79 Å². The lowest BCUT2D eigenvalue weighted by Crippen LogP contribution is -2.31. The third kappa shape index (κ3) is 7.03. The molecule has 0 aromatic rings. The van der Waals surface area contributed by atoms with E-state index in [1.165, 1.54) is 0 Å². The number of carbonyl (C=O) groups is 1. The summed E-state index contributed by atoms with van der Waals surface area (Å²) in [6.45, 7) is 1.16. The van der Waals surface area contributed by atoms with Gasteiger partial charge in [-0.2, -0.15) is 5.26 Å². The standard InChI is InChI=1S/C8H15N3O/c1-10-8(12)7-11-6-4-2-3-5-9/h11H,2-4,6-7H2,1H3,(H,10,12). The van der Waals surface area contributed by atoms with Crippen LogP contribution in [0.1, 0.15) is 19.3 Å². The van der Waals surface area contributed by atoms with Crippen molar-refractivity contribution in [3.8, 4) is 6.07 Å². The van der Waals surface area contributed by atoms with Gasteiger partial charge in [0.05, 0.1) is 12.6 Å².